The number of carboxylic acid groups (broad SMARTS) is 1. The average Bonchev–Trinajstić information content (AvgIpc) is 3.53. The Morgan fingerprint density at radius 3 is 2.65 bits per heavy atom. The van der Waals surface area contributed by atoms with Crippen molar-refractivity contribution in [1.82, 2.24) is 0 Å². The van der Waals surface area contributed by atoms with Crippen molar-refractivity contribution < 1.29 is 32.9 Å². The Balaban J connectivity index is 1.34. The van der Waals surface area contributed by atoms with Crippen molar-refractivity contribution in [3.63, 3.8) is 0 Å². The summed E-state index contributed by atoms with van der Waals surface area (Å²) in [6, 6.07) is 7.90. The maximum absolute atomic E-state index is 14.6. The van der Waals surface area contributed by atoms with Crippen molar-refractivity contribution in [3.8, 4) is 22.6 Å². The van der Waals surface area contributed by atoms with E-state index in [9.17, 15) is 13.6 Å². The standard InChI is InChI=1S/C24H24F2O5/c1-29-14-7-15(8-14)30-16-9-17(23(26)20(25)10-16)12-2-4-21-13(6-12)3-5-22(31-21)18-11-19(18)24(27)28/h2,4,6,9-10,14-15,18-19,22H,3,5,7-8,11H2,1H3,(H,27,28)/t14?,15?,18-,19-,22-/m1/s1. The van der Waals surface area contributed by atoms with Gasteiger partial charge in [-0.05, 0) is 48.6 Å². The van der Waals surface area contributed by atoms with Gasteiger partial charge in [-0.2, -0.15) is 0 Å². The van der Waals surface area contributed by atoms with E-state index >= 15 is 0 Å². The summed E-state index contributed by atoms with van der Waals surface area (Å²) in [7, 11) is 1.65. The summed E-state index contributed by atoms with van der Waals surface area (Å²) in [5, 5.41) is 9.14. The highest BCUT2D eigenvalue weighted by atomic mass is 19.2. The molecule has 2 aromatic rings. The topological polar surface area (TPSA) is 65.0 Å². The van der Waals surface area contributed by atoms with Crippen LogP contribution in [-0.2, 0) is 16.0 Å². The molecule has 7 heteroatoms. The monoisotopic (exact) mass is 430 g/mol. The summed E-state index contributed by atoms with van der Waals surface area (Å²) in [6.07, 6.45) is 3.51. The first-order chi connectivity index (χ1) is 14.9. The normalized spacial score (nSPS) is 28.8. The largest absolute Gasteiger partial charge is 0.490 e. The Morgan fingerprint density at radius 1 is 1.13 bits per heavy atom. The van der Waals surface area contributed by atoms with Crippen LogP contribution in [0.2, 0.25) is 0 Å². The predicted octanol–water partition coefficient (Wildman–Crippen LogP) is 4.60. The van der Waals surface area contributed by atoms with E-state index in [1.807, 2.05) is 6.07 Å². The van der Waals surface area contributed by atoms with Crippen LogP contribution in [0, 0.1) is 23.5 Å². The first-order valence-corrected chi connectivity index (χ1v) is 10.6. The smallest absolute Gasteiger partial charge is 0.306 e. The van der Waals surface area contributed by atoms with Crippen LogP contribution in [0.1, 0.15) is 31.2 Å². The summed E-state index contributed by atoms with van der Waals surface area (Å²) in [6.45, 7) is 0. The van der Waals surface area contributed by atoms with Crippen LogP contribution in [0.5, 0.6) is 11.5 Å². The van der Waals surface area contributed by atoms with Gasteiger partial charge in [0, 0.05) is 37.5 Å². The molecule has 0 bridgehead atoms. The third-order valence-electron chi connectivity index (χ3n) is 6.67. The molecule has 0 unspecified atom stereocenters. The molecule has 1 heterocycles. The number of ether oxygens (including phenoxy) is 3. The molecule has 3 aliphatic rings. The summed E-state index contributed by atoms with van der Waals surface area (Å²) in [5.74, 6) is -1.91. The maximum Gasteiger partial charge on any atom is 0.306 e. The highest BCUT2D eigenvalue weighted by molar-refractivity contribution is 5.73. The lowest BCUT2D eigenvalue weighted by Crippen LogP contribution is -2.38. The Kier molecular flexibility index (Phi) is 5.08. The lowest BCUT2D eigenvalue weighted by molar-refractivity contribution is -0.139. The molecule has 0 spiro atoms. The minimum atomic E-state index is -0.947. The molecule has 5 rings (SSSR count). The highest BCUT2D eigenvalue weighted by Crippen LogP contribution is 2.46. The van der Waals surface area contributed by atoms with Crippen molar-refractivity contribution in [1.29, 1.82) is 0 Å². The van der Waals surface area contributed by atoms with Gasteiger partial charge >= 0.3 is 5.97 Å². The minimum absolute atomic E-state index is 0.0508. The predicted molar refractivity (Wildman–Crippen MR) is 108 cm³/mol. The molecular formula is C24H24F2O5. The van der Waals surface area contributed by atoms with Gasteiger partial charge in [-0.15, -0.1) is 0 Å². The van der Waals surface area contributed by atoms with Crippen LogP contribution >= 0.6 is 0 Å². The molecule has 0 radical (unpaired) electrons. The number of carbonyl (C=O) groups is 1. The first-order valence-electron chi connectivity index (χ1n) is 10.6. The lowest BCUT2D eigenvalue weighted by Gasteiger charge is -2.34. The molecule has 2 aliphatic carbocycles. The number of aryl methyl sites for hydroxylation is 1. The van der Waals surface area contributed by atoms with Gasteiger partial charge in [0.15, 0.2) is 11.6 Å². The second-order valence-electron chi connectivity index (χ2n) is 8.70. The minimum Gasteiger partial charge on any atom is -0.490 e. The van der Waals surface area contributed by atoms with E-state index in [0.29, 0.717) is 36.3 Å². The number of hydrogen-bond donors (Lipinski definition) is 1. The van der Waals surface area contributed by atoms with Gasteiger partial charge in [0.2, 0.25) is 0 Å². The van der Waals surface area contributed by atoms with Crippen molar-refractivity contribution in [3.05, 3.63) is 47.5 Å². The molecule has 1 N–H and O–H groups in total. The SMILES string of the molecule is COC1CC(Oc2cc(F)c(F)c(-c3ccc4c(c3)CC[C@H]([C@@H]3C[C@H]3C(=O)O)O4)c2)C1. The number of benzene rings is 2. The zero-order valence-corrected chi connectivity index (χ0v) is 17.1. The third-order valence-corrected chi connectivity index (χ3v) is 6.67. The molecule has 164 valence electrons. The van der Waals surface area contributed by atoms with Crippen LogP contribution in [0.3, 0.4) is 0 Å². The van der Waals surface area contributed by atoms with Crippen molar-refractivity contribution in [2.45, 2.75) is 50.4 Å². The van der Waals surface area contributed by atoms with Gasteiger partial charge in [-0.25, -0.2) is 8.78 Å². The number of hydrogen-bond acceptors (Lipinski definition) is 4. The van der Waals surface area contributed by atoms with Gasteiger partial charge in [0.05, 0.1) is 12.0 Å². The van der Waals surface area contributed by atoms with E-state index in [1.54, 1.807) is 19.2 Å². The molecule has 0 amide bonds. The quantitative estimate of drug-likeness (QED) is 0.726. The average molecular weight is 430 g/mol. The second-order valence-corrected chi connectivity index (χ2v) is 8.70. The summed E-state index contributed by atoms with van der Waals surface area (Å²) >= 11 is 0. The zero-order valence-electron chi connectivity index (χ0n) is 17.1. The molecular weight excluding hydrogens is 406 g/mol. The number of halogens is 2. The number of rotatable bonds is 6. The van der Waals surface area contributed by atoms with Crippen LogP contribution in [0.25, 0.3) is 11.1 Å². The molecule has 2 aromatic carbocycles. The molecule has 5 nitrogen and oxygen atoms in total. The zero-order chi connectivity index (χ0) is 21.7. The molecule has 31 heavy (non-hydrogen) atoms. The Morgan fingerprint density at radius 2 is 1.94 bits per heavy atom. The van der Waals surface area contributed by atoms with Gasteiger partial charge in [0.25, 0.3) is 0 Å². The molecule has 0 aromatic heterocycles. The molecule has 2 fully saturated rings. The fourth-order valence-electron chi connectivity index (χ4n) is 4.63. The van der Waals surface area contributed by atoms with Crippen LogP contribution < -0.4 is 9.47 Å². The van der Waals surface area contributed by atoms with Gasteiger partial charge in [-0.1, -0.05) is 6.07 Å². The van der Waals surface area contributed by atoms with Gasteiger partial charge in [0.1, 0.15) is 23.7 Å². The van der Waals surface area contributed by atoms with E-state index in [-0.39, 0.29) is 35.7 Å². The highest BCUT2D eigenvalue weighted by Gasteiger charge is 2.49. The molecule has 2 saturated carbocycles. The van der Waals surface area contributed by atoms with Crippen molar-refractivity contribution in [2.75, 3.05) is 7.11 Å². The van der Waals surface area contributed by atoms with Crippen LogP contribution in [0.4, 0.5) is 8.78 Å². The number of aliphatic carboxylic acids is 1. The van der Waals surface area contributed by atoms with Crippen molar-refractivity contribution in [2.24, 2.45) is 11.8 Å². The first kappa shape index (κ1) is 20.2. The fourth-order valence-corrected chi connectivity index (χ4v) is 4.63. The third kappa shape index (κ3) is 3.87. The van der Waals surface area contributed by atoms with E-state index in [0.717, 1.165) is 24.5 Å². The number of methoxy groups -OCH3 is 1. The molecule has 0 saturated heterocycles. The van der Waals surface area contributed by atoms with Crippen molar-refractivity contribution >= 4 is 5.97 Å². The van der Waals surface area contributed by atoms with E-state index < -0.39 is 17.6 Å². The molecule has 3 atom stereocenters. The van der Waals surface area contributed by atoms with E-state index in [4.69, 9.17) is 19.3 Å². The summed E-state index contributed by atoms with van der Waals surface area (Å²) < 4.78 is 46.0. The number of fused-ring (bicyclic) bond motifs is 1. The fraction of sp³-hybridized carbons (Fsp3) is 0.458. The number of carboxylic acids is 1. The Bertz CT molecular complexity index is 1020. The Labute approximate surface area is 178 Å². The summed E-state index contributed by atoms with van der Waals surface area (Å²) in [4.78, 5) is 11.1. The van der Waals surface area contributed by atoms with E-state index in [1.165, 1.54) is 6.07 Å². The van der Waals surface area contributed by atoms with Crippen LogP contribution in [-0.4, -0.2) is 36.5 Å². The van der Waals surface area contributed by atoms with E-state index in [2.05, 4.69) is 0 Å². The van der Waals surface area contributed by atoms with Gasteiger partial charge in [-0.3, -0.25) is 4.79 Å². The second kappa shape index (κ2) is 7.79. The lowest BCUT2D eigenvalue weighted by atomic mass is 9.92. The summed E-state index contributed by atoms with van der Waals surface area (Å²) in [5.41, 5.74) is 1.62. The van der Waals surface area contributed by atoms with Gasteiger partial charge < -0.3 is 19.3 Å². The van der Waals surface area contributed by atoms with Crippen LogP contribution in [0.15, 0.2) is 30.3 Å². The maximum atomic E-state index is 14.6. The molecule has 1 aliphatic heterocycles. The Hall–Kier alpha value is -2.67.